The van der Waals surface area contributed by atoms with E-state index in [-0.39, 0.29) is 33.5 Å². The third kappa shape index (κ3) is 5.67. The van der Waals surface area contributed by atoms with Crippen LogP contribution in [0.4, 0.5) is 0 Å². The number of aliphatic hydroxyl groups excluding tert-OH is 8. The summed E-state index contributed by atoms with van der Waals surface area (Å²) < 4.78 is 27.5. The van der Waals surface area contributed by atoms with Crippen LogP contribution in [0, 0.1) is 0 Å². The number of hydrogen-bond acceptors (Lipinski definition) is 14. The summed E-state index contributed by atoms with van der Waals surface area (Å²) in [5, 5.41) is 79.0. The van der Waals surface area contributed by atoms with E-state index in [0.717, 1.165) is 0 Å². The van der Waals surface area contributed by atoms with Gasteiger partial charge in [0, 0.05) is 6.07 Å². The van der Waals surface area contributed by atoms with Gasteiger partial charge in [-0.1, -0.05) is 12.1 Å². The molecule has 2 fully saturated rings. The Morgan fingerprint density at radius 2 is 1.17 bits per heavy atom. The molecule has 0 spiro atoms. The van der Waals surface area contributed by atoms with Crippen molar-refractivity contribution in [3.05, 3.63) is 59.0 Å². The molecule has 3 heterocycles. The van der Waals surface area contributed by atoms with Crippen LogP contribution in [0.15, 0.2) is 57.9 Å². The second-order valence-electron chi connectivity index (χ2n) is 9.79. The molecule has 10 atom stereocenters. The molecule has 14 heteroatoms. The monoisotopic (exact) mass is 578 g/mol. The standard InChI is InChI=1S/C27H30O14/c28-8-17-20(31)22(33)24(35)26(40-17)38-12-3-1-11(2-4-12)15-10-37-16-7-13(5-6-14(16)19(15)30)39-27-25(36)23(34)21(32)18(9-29)41-27/h1-7,10,17-18,20-29,31-36H,8-9H2/t17?,18?,20-,21+,22?,23-,24?,25?,26-,27+/m0/s1. The van der Waals surface area contributed by atoms with Crippen LogP contribution in [-0.4, -0.2) is 115 Å². The first-order valence-corrected chi connectivity index (χ1v) is 12.7. The average molecular weight is 579 g/mol. The predicted molar refractivity (Wildman–Crippen MR) is 137 cm³/mol. The lowest BCUT2D eigenvalue weighted by Gasteiger charge is -2.39. The van der Waals surface area contributed by atoms with Crippen LogP contribution >= 0.6 is 0 Å². The third-order valence-corrected chi connectivity index (χ3v) is 7.11. The van der Waals surface area contributed by atoms with Crippen molar-refractivity contribution in [3.63, 3.8) is 0 Å². The van der Waals surface area contributed by atoms with E-state index in [9.17, 15) is 45.6 Å². The quantitative estimate of drug-likeness (QED) is 0.149. The van der Waals surface area contributed by atoms with E-state index in [1.165, 1.54) is 36.6 Å². The molecular weight excluding hydrogens is 548 g/mol. The minimum absolute atomic E-state index is 0.132. The molecule has 2 aliphatic rings. The SMILES string of the molecule is O=c1c(-c2ccc(O[C@H]3OC(CO)[C@H](O)C(O)C3O)cc2)coc2cc(O[C@@H]3OC(CO)[C@@H](O)[C@H](O)C3O)ccc12. The molecule has 14 nitrogen and oxygen atoms in total. The van der Waals surface area contributed by atoms with Crippen LogP contribution in [-0.2, 0) is 9.47 Å². The van der Waals surface area contributed by atoms with Crippen LogP contribution in [0.1, 0.15) is 0 Å². The summed E-state index contributed by atoms with van der Waals surface area (Å²) in [5.74, 6) is 0.352. The van der Waals surface area contributed by atoms with Crippen molar-refractivity contribution in [2.45, 2.75) is 61.4 Å². The van der Waals surface area contributed by atoms with Crippen molar-refractivity contribution in [1.82, 2.24) is 0 Å². The number of aliphatic hydroxyl groups is 8. The van der Waals surface area contributed by atoms with Crippen molar-refractivity contribution in [3.8, 4) is 22.6 Å². The summed E-state index contributed by atoms with van der Waals surface area (Å²) in [6.07, 6.45) is -13.2. The molecule has 8 N–H and O–H groups in total. The molecule has 0 aliphatic carbocycles. The normalized spacial score (nSPS) is 34.0. The van der Waals surface area contributed by atoms with E-state index in [2.05, 4.69) is 0 Å². The van der Waals surface area contributed by atoms with Gasteiger partial charge in [-0.25, -0.2) is 0 Å². The van der Waals surface area contributed by atoms with E-state index >= 15 is 0 Å². The molecule has 222 valence electrons. The fourth-order valence-electron chi connectivity index (χ4n) is 4.69. The minimum atomic E-state index is -1.61. The summed E-state index contributed by atoms with van der Waals surface area (Å²) in [4.78, 5) is 13.2. The first-order valence-electron chi connectivity index (χ1n) is 12.7. The number of fused-ring (bicyclic) bond motifs is 1. The Morgan fingerprint density at radius 3 is 1.71 bits per heavy atom. The van der Waals surface area contributed by atoms with E-state index in [4.69, 9.17) is 23.4 Å². The van der Waals surface area contributed by atoms with Crippen molar-refractivity contribution < 1.29 is 64.2 Å². The maximum Gasteiger partial charge on any atom is 0.229 e. The third-order valence-electron chi connectivity index (χ3n) is 7.11. The summed E-state index contributed by atoms with van der Waals surface area (Å²) in [7, 11) is 0. The fraction of sp³-hybridized carbons (Fsp3) is 0.444. The maximum absolute atomic E-state index is 13.2. The zero-order valence-corrected chi connectivity index (χ0v) is 21.3. The highest BCUT2D eigenvalue weighted by atomic mass is 16.7. The van der Waals surface area contributed by atoms with Crippen LogP contribution in [0.25, 0.3) is 22.1 Å². The van der Waals surface area contributed by atoms with E-state index < -0.39 is 74.6 Å². The van der Waals surface area contributed by atoms with Gasteiger partial charge in [0.15, 0.2) is 5.43 Å². The van der Waals surface area contributed by atoms with Crippen LogP contribution in [0.5, 0.6) is 11.5 Å². The highest BCUT2D eigenvalue weighted by Gasteiger charge is 2.45. The first-order chi connectivity index (χ1) is 19.6. The lowest BCUT2D eigenvalue weighted by atomic mass is 9.99. The predicted octanol–water partition coefficient (Wildman–Crippen LogP) is -2.18. The highest BCUT2D eigenvalue weighted by Crippen LogP contribution is 2.29. The van der Waals surface area contributed by atoms with E-state index in [1.807, 2.05) is 0 Å². The lowest BCUT2D eigenvalue weighted by molar-refractivity contribution is -0.277. The van der Waals surface area contributed by atoms with Gasteiger partial charge >= 0.3 is 0 Å². The molecule has 3 aromatic rings. The van der Waals surface area contributed by atoms with Gasteiger partial charge in [0.2, 0.25) is 12.6 Å². The topological polar surface area (TPSA) is 229 Å². The van der Waals surface area contributed by atoms with Crippen LogP contribution < -0.4 is 14.9 Å². The Balaban J connectivity index is 1.31. The summed E-state index contributed by atoms with van der Waals surface area (Å²) in [5.41, 5.74) is 0.486. The molecule has 5 unspecified atom stereocenters. The molecule has 2 saturated heterocycles. The fourth-order valence-corrected chi connectivity index (χ4v) is 4.69. The molecule has 5 rings (SSSR count). The first kappa shape index (κ1) is 29.3. The lowest BCUT2D eigenvalue weighted by Crippen LogP contribution is -2.60. The van der Waals surface area contributed by atoms with E-state index in [1.54, 1.807) is 12.1 Å². The number of benzene rings is 2. The molecule has 2 aromatic carbocycles. The second-order valence-corrected chi connectivity index (χ2v) is 9.79. The molecule has 0 saturated carbocycles. The van der Waals surface area contributed by atoms with Gasteiger partial charge in [-0.15, -0.1) is 0 Å². The van der Waals surface area contributed by atoms with Gasteiger partial charge in [-0.3, -0.25) is 4.79 Å². The number of rotatable bonds is 7. The minimum Gasteiger partial charge on any atom is -0.463 e. The van der Waals surface area contributed by atoms with Gasteiger partial charge in [0.1, 0.15) is 72.2 Å². The average Bonchev–Trinajstić information content (AvgIpc) is 2.98. The van der Waals surface area contributed by atoms with Crippen molar-refractivity contribution >= 4 is 11.0 Å². The summed E-state index contributed by atoms with van der Waals surface area (Å²) in [6.45, 7) is -1.20. The molecule has 0 amide bonds. The molecule has 1 aromatic heterocycles. The second kappa shape index (κ2) is 12.0. The van der Waals surface area contributed by atoms with Gasteiger partial charge < -0.3 is 64.2 Å². The number of hydrogen-bond donors (Lipinski definition) is 8. The largest absolute Gasteiger partial charge is 0.463 e. The van der Waals surface area contributed by atoms with Gasteiger partial charge in [0.25, 0.3) is 0 Å². The van der Waals surface area contributed by atoms with Crippen LogP contribution in [0.2, 0.25) is 0 Å². The Bertz CT molecular complexity index is 1390. The number of ether oxygens (including phenoxy) is 4. The zero-order chi connectivity index (χ0) is 29.4. The highest BCUT2D eigenvalue weighted by molar-refractivity contribution is 5.82. The van der Waals surface area contributed by atoms with Gasteiger partial charge in [-0.2, -0.15) is 0 Å². The Morgan fingerprint density at radius 1 is 0.659 bits per heavy atom. The van der Waals surface area contributed by atoms with Gasteiger partial charge in [0.05, 0.1) is 24.2 Å². The van der Waals surface area contributed by atoms with E-state index in [0.29, 0.717) is 5.56 Å². The van der Waals surface area contributed by atoms with Crippen molar-refractivity contribution in [2.75, 3.05) is 13.2 Å². The molecular formula is C27H30O14. The van der Waals surface area contributed by atoms with Crippen molar-refractivity contribution in [2.24, 2.45) is 0 Å². The summed E-state index contributed by atoms with van der Waals surface area (Å²) in [6, 6.07) is 10.4. The smallest absolute Gasteiger partial charge is 0.229 e. The Labute approximate surface area is 231 Å². The van der Waals surface area contributed by atoms with Crippen molar-refractivity contribution in [1.29, 1.82) is 0 Å². The zero-order valence-electron chi connectivity index (χ0n) is 21.3. The summed E-state index contributed by atoms with van der Waals surface area (Å²) >= 11 is 0. The Kier molecular flexibility index (Phi) is 8.58. The molecule has 41 heavy (non-hydrogen) atoms. The van der Waals surface area contributed by atoms with Crippen LogP contribution in [0.3, 0.4) is 0 Å². The molecule has 0 bridgehead atoms. The molecule has 2 aliphatic heterocycles. The maximum atomic E-state index is 13.2. The molecule has 0 radical (unpaired) electrons. The Hall–Kier alpha value is -3.15. The van der Waals surface area contributed by atoms with Gasteiger partial charge in [-0.05, 0) is 29.8 Å².